The lowest BCUT2D eigenvalue weighted by atomic mass is 9.94. The fourth-order valence-corrected chi connectivity index (χ4v) is 3.19. The predicted octanol–water partition coefficient (Wildman–Crippen LogP) is 4.79. The molecule has 2 rings (SSSR count). The van der Waals surface area contributed by atoms with Crippen LogP contribution in [-0.4, -0.2) is 29.5 Å². The van der Waals surface area contributed by atoms with E-state index in [1.54, 1.807) is 42.5 Å². The predicted molar refractivity (Wildman–Crippen MR) is 119 cm³/mol. The quantitative estimate of drug-likeness (QED) is 0.268. The number of phenolic OH excluding ortho intramolecular Hbond substituents is 1. The minimum absolute atomic E-state index is 0.00542. The number of halogens is 1. The van der Waals surface area contributed by atoms with Gasteiger partial charge in [0.2, 0.25) is 0 Å². The summed E-state index contributed by atoms with van der Waals surface area (Å²) < 4.78 is 11.6. The van der Waals surface area contributed by atoms with Crippen LogP contribution in [0.4, 0.5) is 10.5 Å². The molecular weight excluding hydrogens is 493 g/mol. The Morgan fingerprint density at radius 2 is 1.93 bits per heavy atom. The second-order valence-electron chi connectivity index (χ2n) is 6.16. The van der Waals surface area contributed by atoms with Gasteiger partial charge in [-0.2, -0.15) is 12.6 Å². The SMILES string of the molecule is C[C@@H](CCOC(=O)CS)[C@H](OC(=O)Nc1ccccc1)c1cc(I)ccc1O. The number of amides is 1. The molecule has 2 N–H and O–H groups in total. The zero-order chi connectivity index (χ0) is 20.5. The summed E-state index contributed by atoms with van der Waals surface area (Å²) in [5.74, 6) is -0.576. The Hall–Kier alpha value is -1.94. The van der Waals surface area contributed by atoms with Crippen molar-refractivity contribution in [3.05, 3.63) is 57.7 Å². The summed E-state index contributed by atoms with van der Waals surface area (Å²) >= 11 is 6.00. The van der Waals surface area contributed by atoms with Crippen LogP contribution >= 0.6 is 35.2 Å². The lowest BCUT2D eigenvalue weighted by Crippen LogP contribution is -2.23. The van der Waals surface area contributed by atoms with E-state index in [1.807, 2.05) is 13.0 Å². The molecule has 2 atom stereocenters. The highest BCUT2D eigenvalue weighted by Crippen LogP contribution is 2.35. The highest BCUT2D eigenvalue weighted by atomic mass is 127. The summed E-state index contributed by atoms with van der Waals surface area (Å²) in [6.07, 6.45) is -0.893. The first-order valence-electron chi connectivity index (χ1n) is 8.68. The number of nitrogens with one attached hydrogen (secondary N) is 1. The largest absolute Gasteiger partial charge is 0.508 e. The molecule has 0 saturated heterocycles. The number of aromatic hydroxyl groups is 1. The van der Waals surface area contributed by atoms with E-state index < -0.39 is 18.2 Å². The van der Waals surface area contributed by atoms with Crippen LogP contribution in [0.5, 0.6) is 5.75 Å². The molecule has 2 aromatic carbocycles. The molecule has 0 radical (unpaired) electrons. The van der Waals surface area contributed by atoms with Crippen LogP contribution in [0, 0.1) is 9.49 Å². The van der Waals surface area contributed by atoms with Gasteiger partial charge in [0.05, 0.1) is 12.4 Å². The minimum atomic E-state index is -0.715. The van der Waals surface area contributed by atoms with Crippen molar-refractivity contribution in [3.63, 3.8) is 0 Å². The zero-order valence-corrected chi connectivity index (χ0v) is 18.4. The smallest absolute Gasteiger partial charge is 0.412 e. The number of carbonyl (C=O) groups is 2. The number of hydrogen-bond acceptors (Lipinski definition) is 6. The maximum absolute atomic E-state index is 12.4. The molecule has 1 amide bonds. The molecule has 0 unspecified atom stereocenters. The van der Waals surface area contributed by atoms with Crippen molar-refractivity contribution in [2.45, 2.75) is 19.4 Å². The Morgan fingerprint density at radius 3 is 2.61 bits per heavy atom. The molecule has 0 fully saturated rings. The molecule has 0 heterocycles. The van der Waals surface area contributed by atoms with E-state index in [2.05, 4.69) is 40.5 Å². The van der Waals surface area contributed by atoms with Crippen molar-refractivity contribution in [1.29, 1.82) is 0 Å². The van der Waals surface area contributed by atoms with Gasteiger partial charge < -0.3 is 14.6 Å². The number of phenols is 1. The number of carbonyl (C=O) groups excluding carboxylic acids is 2. The van der Waals surface area contributed by atoms with Gasteiger partial charge in [0.25, 0.3) is 0 Å². The van der Waals surface area contributed by atoms with Gasteiger partial charge in [0.1, 0.15) is 11.9 Å². The Bertz CT molecular complexity index is 802. The Labute approximate surface area is 183 Å². The van der Waals surface area contributed by atoms with E-state index >= 15 is 0 Å². The van der Waals surface area contributed by atoms with E-state index in [0.29, 0.717) is 17.7 Å². The van der Waals surface area contributed by atoms with Crippen molar-refractivity contribution in [3.8, 4) is 5.75 Å². The van der Waals surface area contributed by atoms with Gasteiger partial charge in [0.15, 0.2) is 0 Å². The van der Waals surface area contributed by atoms with Gasteiger partial charge in [0, 0.05) is 20.7 Å². The lowest BCUT2D eigenvalue weighted by molar-refractivity contribution is -0.141. The van der Waals surface area contributed by atoms with Crippen LogP contribution in [0.2, 0.25) is 0 Å². The second kappa shape index (κ2) is 11.2. The molecule has 0 aliphatic heterocycles. The standard InChI is InChI=1S/C20H22INO5S/c1-13(9-10-26-18(24)12-28)19(16-11-14(21)7-8-17(16)23)27-20(25)22-15-5-3-2-4-6-15/h2-8,11,13,19,23,28H,9-10,12H2,1H3,(H,22,25)/t13-,19-/m0/s1. The van der Waals surface area contributed by atoms with Crippen molar-refractivity contribution >= 4 is 53.0 Å². The summed E-state index contributed by atoms with van der Waals surface area (Å²) in [6, 6.07) is 14.0. The topological polar surface area (TPSA) is 84.9 Å². The molecule has 28 heavy (non-hydrogen) atoms. The normalized spacial score (nSPS) is 12.7. The lowest BCUT2D eigenvalue weighted by Gasteiger charge is -2.25. The van der Waals surface area contributed by atoms with E-state index in [4.69, 9.17) is 9.47 Å². The van der Waals surface area contributed by atoms with E-state index in [-0.39, 0.29) is 24.0 Å². The summed E-state index contributed by atoms with van der Waals surface area (Å²) in [4.78, 5) is 23.7. The average Bonchev–Trinajstić information content (AvgIpc) is 2.68. The number of anilines is 1. The minimum Gasteiger partial charge on any atom is -0.508 e. The molecule has 6 nitrogen and oxygen atoms in total. The number of para-hydroxylation sites is 1. The number of rotatable bonds is 8. The Morgan fingerprint density at radius 1 is 1.21 bits per heavy atom. The number of benzene rings is 2. The van der Waals surface area contributed by atoms with Gasteiger partial charge in [-0.25, -0.2) is 4.79 Å². The molecule has 0 aliphatic carbocycles. The van der Waals surface area contributed by atoms with Gasteiger partial charge in [-0.1, -0.05) is 25.1 Å². The molecular formula is C20H22INO5S. The number of ether oxygens (including phenoxy) is 2. The third kappa shape index (κ3) is 6.90. The maximum Gasteiger partial charge on any atom is 0.412 e. The Balaban J connectivity index is 2.14. The monoisotopic (exact) mass is 515 g/mol. The molecule has 8 heteroatoms. The van der Waals surface area contributed by atoms with Crippen molar-refractivity contribution in [2.24, 2.45) is 5.92 Å². The van der Waals surface area contributed by atoms with E-state index in [9.17, 15) is 14.7 Å². The van der Waals surface area contributed by atoms with Gasteiger partial charge in [-0.15, -0.1) is 0 Å². The van der Waals surface area contributed by atoms with Crippen molar-refractivity contribution < 1.29 is 24.2 Å². The van der Waals surface area contributed by atoms with Crippen LogP contribution in [0.25, 0.3) is 0 Å². The maximum atomic E-state index is 12.4. The van der Waals surface area contributed by atoms with E-state index in [0.717, 1.165) is 3.57 Å². The summed E-state index contributed by atoms with van der Waals surface area (Å²) in [7, 11) is 0. The fraction of sp³-hybridized carbons (Fsp3) is 0.300. The van der Waals surface area contributed by atoms with Crippen LogP contribution in [0.3, 0.4) is 0 Å². The van der Waals surface area contributed by atoms with E-state index in [1.165, 1.54) is 0 Å². The molecule has 0 aliphatic rings. The van der Waals surface area contributed by atoms with Crippen molar-refractivity contribution in [1.82, 2.24) is 0 Å². The van der Waals surface area contributed by atoms with Gasteiger partial charge in [-0.05, 0) is 59.3 Å². The van der Waals surface area contributed by atoms with Crippen molar-refractivity contribution in [2.75, 3.05) is 17.7 Å². The summed E-state index contributed by atoms with van der Waals surface area (Å²) in [5, 5.41) is 13.0. The third-order valence-corrected chi connectivity index (χ3v) is 4.96. The molecule has 150 valence electrons. The molecule has 0 saturated carbocycles. The number of thiol groups is 1. The number of hydrogen-bond donors (Lipinski definition) is 3. The first-order valence-corrected chi connectivity index (χ1v) is 10.4. The van der Waals surface area contributed by atoms with Crippen LogP contribution in [-0.2, 0) is 14.3 Å². The number of esters is 1. The van der Waals surface area contributed by atoms with Crippen LogP contribution in [0.1, 0.15) is 25.0 Å². The highest BCUT2D eigenvalue weighted by Gasteiger charge is 2.27. The van der Waals surface area contributed by atoms with Crippen LogP contribution < -0.4 is 5.32 Å². The summed E-state index contributed by atoms with van der Waals surface area (Å²) in [5.41, 5.74) is 1.11. The zero-order valence-electron chi connectivity index (χ0n) is 15.3. The molecule has 0 spiro atoms. The Kier molecular flexibility index (Phi) is 8.91. The molecule has 0 bridgehead atoms. The van der Waals surface area contributed by atoms with Crippen LogP contribution in [0.15, 0.2) is 48.5 Å². The first kappa shape index (κ1) is 22.4. The summed E-state index contributed by atoms with van der Waals surface area (Å²) in [6.45, 7) is 2.04. The average molecular weight is 515 g/mol. The molecule has 0 aromatic heterocycles. The molecule has 2 aromatic rings. The van der Waals surface area contributed by atoms with Gasteiger partial charge in [-0.3, -0.25) is 10.1 Å². The third-order valence-electron chi connectivity index (χ3n) is 4.03. The second-order valence-corrected chi connectivity index (χ2v) is 7.73. The van der Waals surface area contributed by atoms with Gasteiger partial charge >= 0.3 is 12.1 Å². The fourth-order valence-electron chi connectivity index (χ4n) is 2.58. The first-order chi connectivity index (χ1) is 13.4. The highest BCUT2D eigenvalue weighted by molar-refractivity contribution is 14.1.